The van der Waals surface area contributed by atoms with Crippen LogP contribution in [-0.2, 0) is 4.79 Å². The molecule has 0 spiro atoms. The molecule has 1 saturated heterocycles. The van der Waals surface area contributed by atoms with Gasteiger partial charge in [0.2, 0.25) is 5.91 Å². The van der Waals surface area contributed by atoms with Crippen molar-refractivity contribution in [3.8, 4) is 0 Å². The van der Waals surface area contributed by atoms with E-state index in [2.05, 4.69) is 20.2 Å². The molecular weight excluding hydrogens is 340 g/mol. The molecule has 26 heavy (non-hydrogen) atoms. The number of anilines is 2. The third-order valence-electron chi connectivity index (χ3n) is 4.69. The molecule has 3 rings (SSSR count). The van der Waals surface area contributed by atoms with E-state index in [-0.39, 0.29) is 24.2 Å². The number of aryl methyl sites for hydroxylation is 1. The molecule has 0 radical (unpaired) electrons. The van der Waals surface area contributed by atoms with Gasteiger partial charge in [-0.05, 0) is 33.0 Å². The zero-order valence-electron chi connectivity index (χ0n) is 15.0. The Hall–Kier alpha value is -2.61. The van der Waals surface area contributed by atoms with E-state index in [0.29, 0.717) is 0 Å². The predicted molar refractivity (Wildman–Crippen MR) is 95.1 cm³/mol. The lowest BCUT2D eigenvalue weighted by molar-refractivity contribution is -0.117. The van der Waals surface area contributed by atoms with Crippen molar-refractivity contribution in [3.05, 3.63) is 47.4 Å². The summed E-state index contributed by atoms with van der Waals surface area (Å²) < 4.78 is 26.5. The fourth-order valence-electron chi connectivity index (χ4n) is 2.89. The normalized spacial score (nSPS) is 14.5. The molecule has 1 aromatic carbocycles. The first-order chi connectivity index (χ1) is 12.3. The van der Waals surface area contributed by atoms with E-state index in [1.54, 1.807) is 6.33 Å². The topological polar surface area (TPSA) is 61.4 Å². The van der Waals surface area contributed by atoms with Gasteiger partial charge in [0.1, 0.15) is 23.8 Å². The van der Waals surface area contributed by atoms with Crippen LogP contribution in [0.15, 0.2) is 24.5 Å². The van der Waals surface area contributed by atoms with Crippen LogP contribution in [0.2, 0.25) is 0 Å². The summed E-state index contributed by atoms with van der Waals surface area (Å²) in [5.74, 6) is -0.890. The van der Waals surface area contributed by atoms with E-state index >= 15 is 0 Å². The minimum atomic E-state index is -0.787. The fourth-order valence-corrected chi connectivity index (χ4v) is 2.89. The number of carbonyl (C=O) groups excluding carboxylic acids is 1. The molecule has 0 unspecified atom stereocenters. The summed E-state index contributed by atoms with van der Waals surface area (Å²) in [6.07, 6.45) is 1.55. The van der Waals surface area contributed by atoms with Crippen molar-refractivity contribution in [3.63, 3.8) is 0 Å². The molecular formula is C18H21F2N5O. The van der Waals surface area contributed by atoms with Crippen LogP contribution < -0.4 is 10.2 Å². The highest BCUT2D eigenvalue weighted by molar-refractivity contribution is 5.92. The maximum Gasteiger partial charge on any atom is 0.238 e. The zero-order chi connectivity index (χ0) is 18.8. The second-order valence-corrected chi connectivity index (χ2v) is 6.55. The van der Waals surface area contributed by atoms with Gasteiger partial charge in [-0.25, -0.2) is 18.7 Å². The van der Waals surface area contributed by atoms with Crippen LogP contribution in [0.5, 0.6) is 0 Å². The zero-order valence-corrected chi connectivity index (χ0v) is 15.0. The molecule has 0 atom stereocenters. The summed E-state index contributed by atoms with van der Waals surface area (Å²) in [6.45, 7) is 5.57. The smallest absolute Gasteiger partial charge is 0.238 e. The Labute approximate surface area is 150 Å². The van der Waals surface area contributed by atoms with Crippen molar-refractivity contribution < 1.29 is 13.6 Å². The molecule has 2 heterocycles. The molecule has 0 aliphatic carbocycles. The summed E-state index contributed by atoms with van der Waals surface area (Å²) >= 11 is 0. The predicted octanol–water partition coefficient (Wildman–Crippen LogP) is 2.13. The van der Waals surface area contributed by atoms with Crippen LogP contribution in [0, 0.1) is 25.5 Å². The Morgan fingerprint density at radius 2 is 2.04 bits per heavy atom. The summed E-state index contributed by atoms with van der Waals surface area (Å²) in [4.78, 5) is 24.7. The van der Waals surface area contributed by atoms with Crippen molar-refractivity contribution in [2.75, 3.05) is 36.9 Å². The highest BCUT2D eigenvalue weighted by atomic mass is 19.1. The SMILES string of the molecule is Cc1ncnc(N2CC(N(C)CC(=O)Nc3ccc(F)cc3F)C2)c1C. The maximum absolute atomic E-state index is 13.6. The number of hydrogen-bond donors (Lipinski definition) is 1. The molecule has 1 N–H and O–H groups in total. The van der Waals surface area contributed by atoms with Crippen molar-refractivity contribution in [2.45, 2.75) is 19.9 Å². The van der Waals surface area contributed by atoms with Crippen LogP contribution >= 0.6 is 0 Å². The number of carbonyl (C=O) groups is 1. The third kappa shape index (κ3) is 3.80. The number of benzene rings is 1. The largest absolute Gasteiger partial charge is 0.353 e. The van der Waals surface area contributed by atoms with Gasteiger partial charge in [0.15, 0.2) is 0 Å². The van der Waals surface area contributed by atoms with E-state index in [0.717, 1.165) is 42.3 Å². The lowest BCUT2D eigenvalue weighted by Gasteiger charge is -2.45. The van der Waals surface area contributed by atoms with Gasteiger partial charge in [-0.3, -0.25) is 9.69 Å². The second-order valence-electron chi connectivity index (χ2n) is 6.55. The molecule has 1 amide bonds. The van der Waals surface area contributed by atoms with Gasteiger partial charge in [0, 0.05) is 36.5 Å². The molecule has 1 aliphatic rings. The van der Waals surface area contributed by atoms with Gasteiger partial charge in [0.25, 0.3) is 0 Å². The number of hydrogen-bond acceptors (Lipinski definition) is 5. The summed E-state index contributed by atoms with van der Waals surface area (Å²) in [7, 11) is 1.85. The number of nitrogens with zero attached hydrogens (tertiary/aromatic N) is 4. The first kappa shape index (κ1) is 18.2. The van der Waals surface area contributed by atoms with Gasteiger partial charge >= 0.3 is 0 Å². The first-order valence-corrected chi connectivity index (χ1v) is 8.33. The monoisotopic (exact) mass is 361 g/mol. The number of amides is 1. The van der Waals surface area contributed by atoms with Gasteiger partial charge in [-0.1, -0.05) is 0 Å². The number of halogens is 2. The Bertz CT molecular complexity index is 823. The van der Waals surface area contributed by atoms with Crippen molar-refractivity contribution >= 4 is 17.4 Å². The molecule has 0 saturated carbocycles. The van der Waals surface area contributed by atoms with E-state index in [9.17, 15) is 13.6 Å². The molecule has 1 aromatic heterocycles. The van der Waals surface area contributed by atoms with Crippen molar-refractivity contribution in [2.24, 2.45) is 0 Å². The van der Waals surface area contributed by atoms with E-state index in [1.165, 1.54) is 6.07 Å². The Kier molecular flexibility index (Phi) is 5.13. The Morgan fingerprint density at radius 3 is 2.73 bits per heavy atom. The highest BCUT2D eigenvalue weighted by Crippen LogP contribution is 2.25. The quantitative estimate of drug-likeness (QED) is 0.884. The van der Waals surface area contributed by atoms with E-state index in [1.807, 2.05) is 25.8 Å². The van der Waals surface area contributed by atoms with Gasteiger partial charge < -0.3 is 10.2 Å². The standard InChI is InChI=1S/C18H21F2N5O/c1-11-12(2)21-10-22-18(11)25-7-14(8-25)24(3)9-17(26)23-16-5-4-13(19)6-15(16)20/h4-6,10,14H,7-9H2,1-3H3,(H,23,26). The highest BCUT2D eigenvalue weighted by Gasteiger charge is 2.32. The lowest BCUT2D eigenvalue weighted by Crippen LogP contribution is -2.60. The molecule has 8 heteroatoms. The third-order valence-corrected chi connectivity index (χ3v) is 4.69. The van der Waals surface area contributed by atoms with E-state index in [4.69, 9.17) is 0 Å². The fraction of sp³-hybridized carbons (Fsp3) is 0.389. The van der Waals surface area contributed by atoms with Gasteiger partial charge in [0.05, 0.1) is 12.2 Å². The minimum absolute atomic E-state index is 0.0212. The molecule has 138 valence electrons. The average molecular weight is 361 g/mol. The Morgan fingerprint density at radius 1 is 1.31 bits per heavy atom. The van der Waals surface area contributed by atoms with Crippen LogP contribution in [-0.4, -0.2) is 53.5 Å². The number of likely N-dealkylation sites (N-methyl/N-ethyl adjacent to an activating group) is 1. The van der Waals surface area contributed by atoms with Crippen molar-refractivity contribution in [1.29, 1.82) is 0 Å². The summed E-state index contributed by atoms with van der Waals surface area (Å²) in [5, 5.41) is 2.47. The van der Waals surface area contributed by atoms with Crippen LogP contribution in [0.25, 0.3) is 0 Å². The number of aromatic nitrogens is 2. The Balaban J connectivity index is 1.52. The van der Waals surface area contributed by atoms with Crippen LogP contribution in [0.3, 0.4) is 0 Å². The lowest BCUT2D eigenvalue weighted by atomic mass is 10.1. The van der Waals surface area contributed by atoms with Gasteiger partial charge in [-0.2, -0.15) is 0 Å². The second kappa shape index (κ2) is 7.33. The molecule has 1 aliphatic heterocycles. The van der Waals surface area contributed by atoms with Gasteiger partial charge in [-0.15, -0.1) is 0 Å². The van der Waals surface area contributed by atoms with Crippen LogP contribution in [0.1, 0.15) is 11.3 Å². The number of nitrogens with one attached hydrogen (secondary N) is 1. The number of rotatable bonds is 5. The molecule has 0 bridgehead atoms. The minimum Gasteiger partial charge on any atom is -0.353 e. The molecule has 6 nitrogen and oxygen atoms in total. The maximum atomic E-state index is 13.6. The molecule has 1 fully saturated rings. The summed E-state index contributed by atoms with van der Waals surface area (Å²) in [6, 6.07) is 3.27. The first-order valence-electron chi connectivity index (χ1n) is 8.33. The summed E-state index contributed by atoms with van der Waals surface area (Å²) in [5.41, 5.74) is 1.98. The molecule has 2 aromatic rings. The van der Waals surface area contributed by atoms with Crippen LogP contribution in [0.4, 0.5) is 20.3 Å². The average Bonchev–Trinajstić information content (AvgIpc) is 2.52. The van der Waals surface area contributed by atoms with E-state index < -0.39 is 11.6 Å². The van der Waals surface area contributed by atoms with Crippen molar-refractivity contribution in [1.82, 2.24) is 14.9 Å².